The van der Waals surface area contributed by atoms with E-state index in [0.29, 0.717) is 41.3 Å². The van der Waals surface area contributed by atoms with Gasteiger partial charge in [0.1, 0.15) is 11.5 Å². The molecule has 0 saturated heterocycles. The van der Waals surface area contributed by atoms with Crippen molar-refractivity contribution < 1.29 is 18.7 Å². The Morgan fingerprint density at radius 3 is 2.84 bits per heavy atom. The molecule has 0 spiro atoms. The minimum Gasteiger partial charge on any atom is -0.493 e. The fourth-order valence-electron chi connectivity index (χ4n) is 2.66. The summed E-state index contributed by atoms with van der Waals surface area (Å²) in [6.07, 6.45) is 2.67. The van der Waals surface area contributed by atoms with Gasteiger partial charge in [0.25, 0.3) is 5.91 Å². The second kappa shape index (κ2) is 7.42. The molecule has 1 aromatic carbocycles. The summed E-state index contributed by atoms with van der Waals surface area (Å²) >= 11 is 0. The van der Waals surface area contributed by atoms with Crippen LogP contribution in [0, 0.1) is 5.92 Å². The van der Waals surface area contributed by atoms with E-state index >= 15 is 0 Å². The van der Waals surface area contributed by atoms with E-state index in [9.17, 15) is 4.79 Å². The van der Waals surface area contributed by atoms with Crippen molar-refractivity contribution in [1.82, 2.24) is 5.43 Å². The van der Waals surface area contributed by atoms with Crippen molar-refractivity contribution in [3.05, 3.63) is 47.4 Å². The number of nitrogens with zero attached hydrogens (tertiary/aromatic N) is 1. The predicted octanol–water partition coefficient (Wildman–Crippen LogP) is 3.57. The highest BCUT2D eigenvalue weighted by Gasteiger charge is 2.36. The van der Waals surface area contributed by atoms with Crippen LogP contribution in [0.4, 0.5) is 0 Å². The van der Waals surface area contributed by atoms with Gasteiger partial charge in [0, 0.05) is 11.5 Å². The highest BCUT2D eigenvalue weighted by molar-refractivity contribution is 5.95. The number of nitrogens with one attached hydrogen (secondary N) is 1. The van der Waals surface area contributed by atoms with Crippen molar-refractivity contribution >= 4 is 12.1 Å². The molecule has 25 heavy (non-hydrogen) atoms. The molecular weight excluding hydrogens is 320 g/mol. The van der Waals surface area contributed by atoms with Gasteiger partial charge in [-0.05, 0) is 49.6 Å². The Hall–Kier alpha value is -2.76. The summed E-state index contributed by atoms with van der Waals surface area (Å²) in [5, 5.41) is 3.95. The third kappa shape index (κ3) is 4.02. The minimum absolute atomic E-state index is 0.333. The summed E-state index contributed by atoms with van der Waals surface area (Å²) in [6, 6.07) is 8.81. The first-order valence-corrected chi connectivity index (χ1v) is 8.36. The first-order valence-electron chi connectivity index (χ1n) is 8.36. The molecule has 1 N–H and O–H groups in total. The Labute approximate surface area is 146 Å². The first-order chi connectivity index (χ1) is 12.1. The fraction of sp³-hybridized carbons (Fsp3) is 0.368. The molecule has 0 aliphatic heterocycles. The number of methoxy groups -OCH3 is 1. The van der Waals surface area contributed by atoms with Crippen molar-refractivity contribution in [2.45, 2.75) is 26.2 Å². The zero-order valence-corrected chi connectivity index (χ0v) is 14.6. The topological polar surface area (TPSA) is 73.1 Å². The van der Waals surface area contributed by atoms with Gasteiger partial charge in [-0.3, -0.25) is 4.79 Å². The predicted molar refractivity (Wildman–Crippen MR) is 94.5 cm³/mol. The van der Waals surface area contributed by atoms with Crippen LogP contribution in [0.15, 0.2) is 39.9 Å². The summed E-state index contributed by atoms with van der Waals surface area (Å²) in [6.45, 7) is 4.61. The molecule has 1 aliphatic carbocycles. The summed E-state index contributed by atoms with van der Waals surface area (Å²) in [5.41, 5.74) is 2.92. The third-order valence-electron chi connectivity index (χ3n) is 4.21. The Balaban J connectivity index is 1.61. The number of benzene rings is 1. The zero-order valence-electron chi connectivity index (χ0n) is 14.6. The lowest BCUT2D eigenvalue weighted by Crippen LogP contribution is -2.17. The van der Waals surface area contributed by atoms with Gasteiger partial charge in [0.2, 0.25) is 0 Å². The molecule has 0 bridgehead atoms. The van der Waals surface area contributed by atoms with Gasteiger partial charge in [-0.2, -0.15) is 5.10 Å². The Kier molecular flexibility index (Phi) is 5.07. The molecule has 1 aliphatic rings. The van der Waals surface area contributed by atoms with Crippen LogP contribution in [0.25, 0.3) is 0 Å². The van der Waals surface area contributed by atoms with Gasteiger partial charge in [0.05, 0.1) is 19.9 Å². The van der Waals surface area contributed by atoms with E-state index in [2.05, 4.69) is 17.5 Å². The van der Waals surface area contributed by atoms with Crippen molar-refractivity contribution in [2.24, 2.45) is 11.0 Å². The Morgan fingerprint density at radius 2 is 2.16 bits per heavy atom. The van der Waals surface area contributed by atoms with Crippen LogP contribution >= 0.6 is 0 Å². The highest BCUT2D eigenvalue weighted by Crippen LogP contribution is 2.47. The van der Waals surface area contributed by atoms with Crippen LogP contribution < -0.4 is 14.9 Å². The van der Waals surface area contributed by atoms with Gasteiger partial charge < -0.3 is 13.9 Å². The maximum absolute atomic E-state index is 12.2. The molecular formula is C19H22N2O4. The second-order valence-corrected chi connectivity index (χ2v) is 6.06. The molecule has 1 aromatic heterocycles. The van der Waals surface area contributed by atoms with Crippen LogP contribution in [-0.4, -0.2) is 25.8 Å². The largest absolute Gasteiger partial charge is 0.493 e. The smallest absolute Gasteiger partial charge is 0.271 e. The highest BCUT2D eigenvalue weighted by atomic mass is 16.5. The number of hydrazone groups is 1. The van der Waals surface area contributed by atoms with Crippen molar-refractivity contribution in [2.75, 3.05) is 13.7 Å². The average molecular weight is 342 g/mol. The first kappa shape index (κ1) is 17.1. The van der Waals surface area contributed by atoms with Crippen LogP contribution in [0.3, 0.4) is 0 Å². The van der Waals surface area contributed by atoms with Gasteiger partial charge in [-0.15, -0.1) is 0 Å². The molecule has 0 unspecified atom stereocenters. The maximum atomic E-state index is 12.2. The molecule has 1 heterocycles. The SMILES string of the molecule is CCOc1ccc(C(=O)N/N=C\c2ccc([C@@H]3C[C@@H]3C)o2)cc1OC. The molecule has 3 rings (SSSR count). The number of hydrogen-bond donors (Lipinski definition) is 1. The number of carbonyl (C=O) groups is 1. The number of furan rings is 1. The van der Waals surface area contributed by atoms with Crippen LogP contribution in [0.2, 0.25) is 0 Å². The Bertz CT molecular complexity index is 781. The number of rotatable bonds is 7. The average Bonchev–Trinajstić information content (AvgIpc) is 3.16. The van der Waals surface area contributed by atoms with E-state index in [-0.39, 0.29) is 5.91 Å². The monoisotopic (exact) mass is 342 g/mol. The summed E-state index contributed by atoms with van der Waals surface area (Å²) < 4.78 is 16.4. The number of carbonyl (C=O) groups excluding carboxylic acids is 1. The maximum Gasteiger partial charge on any atom is 0.271 e. The molecule has 6 nitrogen and oxygen atoms in total. The van der Waals surface area contributed by atoms with E-state index in [1.165, 1.54) is 19.7 Å². The van der Waals surface area contributed by atoms with Crippen molar-refractivity contribution in [3.63, 3.8) is 0 Å². The lowest BCUT2D eigenvalue weighted by molar-refractivity contribution is 0.0954. The fourth-order valence-corrected chi connectivity index (χ4v) is 2.66. The molecule has 2 atom stereocenters. The van der Waals surface area contributed by atoms with Gasteiger partial charge in [-0.25, -0.2) is 5.43 Å². The van der Waals surface area contributed by atoms with Crippen LogP contribution in [0.5, 0.6) is 11.5 Å². The molecule has 6 heteroatoms. The quantitative estimate of drug-likeness (QED) is 0.617. The van der Waals surface area contributed by atoms with Crippen LogP contribution in [-0.2, 0) is 0 Å². The van der Waals surface area contributed by atoms with E-state index in [4.69, 9.17) is 13.9 Å². The lowest BCUT2D eigenvalue weighted by atomic mass is 10.2. The van der Waals surface area contributed by atoms with Gasteiger partial charge in [0.15, 0.2) is 11.5 Å². The summed E-state index contributed by atoms with van der Waals surface area (Å²) in [5.74, 6) is 3.59. The minimum atomic E-state index is -0.333. The zero-order chi connectivity index (χ0) is 17.8. The molecule has 0 radical (unpaired) electrons. The van der Waals surface area contributed by atoms with E-state index < -0.39 is 0 Å². The normalized spacial score (nSPS) is 19.0. The van der Waals surface area contributed by atoms with Gasteiger partial charge in [-0.1, -0.05) is 6.92 Å². The molecule has 1 saturated carbocycles. The number of amides is 1. The standard InChI is InChI=1S/C19H22N2O4/c1-4-24-17-7-5-13(10-18(17)23-3)19(22)21-20-11-14-6-8-16(25-14)15-9-12(15)2/h5-8,10-12,15H,4,9H2,1-3H3,(H,21,22)/b20-11-/t12-,15+/m0/s1. The number of ether oxygens (including phenoxy) is 2. The molecule has 132 valence electrons. The van der Waals surface area contributed by atoms with Crippen molar-refractivity contribution in [1.29, 1.82) is 0 Å². The Morgan fingerprint density at radius 1 is 1.36 bits per heavy atom. The summed E-state index contributed by atoms with van der Waals surface area (Å²) in [7, 11) is 1.53. The molecule has 1 amide bonds. The second-order valence-electron chi connectivity index (χ2n) is 6.06. The van der Waals surface area contributed by atoms with Crippen LogP contribution in [0.1, 0.15) is 48.1 Å². The van der Waals surface area contributed by atoms with E-state index in [1.807, 2.05) is 19.1 Å². The van der Waals surface area contributed by atoms with Crippen molar-refractivity contribution in [3.8, 4) is 11.5 Å². The molecule has 2 aromatic rings. The third-order valence-corrected chi connectivity index (χ3v) is 4.21. The van der Waals surface area contributed by atoms with Gasteiger partial charge >= 0.3 is 0 Å². The van der Waals surface area contributed by atoms with E-state index in [1.54, 1.807) is 18.2 Å². The number of hydrogen-bond acceptors (Lipinski definition) is 5. The summed E-state index contributed by atoms with van der Waals surface area (Å²) in [4.78, 5) is 12.2. The molecule has 1 fully saturated rings. The lowest BCUT2D eigenvalue weighted by Gasteiger charge is -2.10. The van der Waals surface area contributed by atoms with E-state index in [0.717, 1.165) is 5.76 Å².